The van der Waals surface area contributed by atoms with Crippen molar-refractivity contribution in [2.24, 2.45) is 0 Å². The summed E-state index contributed by atoms with van der Waals surface area (Å²) < 4.78 is 15.9. The van der Waals surface area contributed by atoms with E-state index in [-0.39, 0.29) is 5.91 Å². The van der Waals surface area contributed by atoms with E-state index in [1.807, 2.05) is 0 Å². The van der Waals surface area contributed by atoms with E-state index in [1.54, 1.807) is 48.3 Å². The Labute approximate surface area is 157 Å². The molecule has 2 N–H and O–H groups in total. The number of fused-ring (bicyclic) bond motifs is 1. The van der Waals surface area contributed by atoms with Gasteiger partial charge in [-0.2, -0.15) is 0 Å². The molecule has 0 saturated carbocycles. The number of ether oxygens (including phenoxy) is 3. The molecule has 0 fully saturated rings. The summed E-state index contributed by atoms with van der Waals surface area (Å²) in [4.78, 5) is 26.3. The Bertz CT molecular complexity index is 846. The van der Waals surface area contributed by atoms with Crippen molar-refractivity contribution in [3.05, 3.63) is 42.0 Å². The standard InChI is InChI=1S/C19H21N3O5/c1-22-6-7-27-17-5-4-12(10-16(17)18(22)23)20-19(24)21-13-8-14(25-2)11-15(9-13)26-3/h4-5,8-11H,6-7H2,1-3H3,(H2,20,21,24). The molecular weight excluding hydrogens is 350 g/mol. The monoisotopic (exact) mass is 371 g/mol. The van der Waals surface area contributed by atoms with Gasteiger partial charge in [0.15, 0.2) is 0 Å². The number of nitrogens with one attached hydrogen (secondary N) is 2. The summed E-state index contributed by atoms with van der Waals surface area (Å²) in [6.45, 7) is 0.939. The van der Waals surface area contributed by atoms with Gasteiger partial charge < -0.3 is 29.7 Å². The minimum atomic E-state index is -0.458. The molecule has 3 rings (SSSR count). The minimum absolute atomic E-state index is 0.149. The number of likely N-dealkylation sites (N-methyl/N-ethyl adjacent to an activating group) is 1. The normalized spacial score (nSPS) is 13.1. The van der Waals surface area contributed by atoms with E-state index in [4.69, 9.17) is 14.2 Å². The molecule has 1 aliphatic heterocycles. The molecule has 0 spiro atoms. The Hall–Kier alpha value is -3.42. The maximum Gasteiger partial charge on any atom is 0.323 e. The molecule has 142 valence electrons. The molecule has 0 radical (unpaired) electrons. The molecule has 8 heteroatoms. The van der Waals surface area contributed by atoms with Gasteiger partial charge in [-0.1, -0.05) is 0 Å². The van der Waals surface area contributed by atoms with E-state index in [1.165, 1.54) is 14.2 Å². The summed E-state index contributed by atoms with van der Waals surface area (Å²) in [6.07, 6.45) is 0. The first-order chi connectivity index (χ1) is 13.0. The number of carbonyl (C=O) groups excluding carboxylic acids is 2. The number of amides is 3. The Kier molecular flexibility index (Phi) is 5.35. The maximum absolute atomic E-state index is 12.4. The molecule has 2 aromatic carbocycles. The van der Waals surface area contributed by atoms with Crippen LogP contribution in [0.1, 0.15) is 10.4 Å². The number of rotatable bonds is 4. The molecule has 3 amide bonds. The van der Waals surface area contributed by atoms with Gasteiger partial charge in [-0.3, -0.25) is 4.79 Å². The molecule has 0 atom stereocenters. The number of carbonyl (C=O) groups is 2. The van der Waals surface area contributed by atoms with Crippen molar-refractivity contribution in [1.82, 2.24) is 4.90 Å². The van der Waals surface area contributed by atoms with Gasteiger partial charge in [0.25, 0.3) is 5.91 Å². The van der Waals surface area contributed by atoms with Gasteiger partial charge in [-0.25, -0.2) is 4.79 Å². The molecule has 0 saturated heterocycles. The highest BCUT2D eigenvalue weighted by Crippen LogP contribution is 2.27. The number of methoxy groups -OCH3 is 2. The van der Waals surface area contributed by atoms with Crippen molar-refractivity contribution >= 4 is 23.3 Å². The zero-order valence-corrected chi connectivity index (χ0v) is 15.4. The van der Waals surface area contributed by atoms with E-state index < -0.39 is 6.03 Å². The van der Waals surface area contributed by atoms with Gasteiger partial charge in [0, 0.05) is 36.6 Å². The van der Waals surface area contributed by atoms with E-state index >= 15 is 0 Å². The quantitative estimate of drug-likeness (QED) is 0.863. The third-order valence-corrected chi connectivity index (χ3v) is 4.11. The highest BCUT2D eigenvalue weighted by atomic mass is 16.5. The van der Waals surface area contributed by atoms with Crippen molar-refractivity contribution in [3.63, 3.8) is 0 Å². The molecular formula is C19H21N3O5. The zero-order chi connectivity index (χ0) is 19.4. The molecule has 0 aliphatic carbocycles. The van der Waals surface area contributed by atoms with Crippen molar-refractivity contribution in [2.45, 2.75) is 0 Å². The average molecular weight is 371 g/mol. The average Bonchev–Trinajstić information content (AvgIpc) is 2.80. The van der Waals surface area contributed by atoms with E-state index in [0.717, 1.165) is 0 Å². The molecule has 27 heavy (non-hydrogen) atoms. The highest BCUT2D eigenvalue weighted by Gasteiger charge is 2.21. The molecule has 8 nitrogen and oxygen atoms in total. The fourth-order valence-electron chi connectivity index (χ4n) is 2.67. The predicted molar refractivity (Wildman–Crippen MR) is 101 cm³/mol. The van der Waals surface area contributed by atoms with Crippen molar-refractivity contribution in [3.8, 4) is 17.2 Å². The van der Waals surface area contributed by atoms with Crippen LogP contribution in [0.3, 0.4) is 0 Å². The number of benzene rings is 2. The second-order valence-electron chi connectivity index (χ2n) is 5.97. The van der Waals surface area contributed by atoms with Crippen LogP contribution in [0, 0.1) is 0 Å². The van der Waals surface area contributed by atoms with Crippen LogP contribution in [0.5, 0.6) is 17.2 Å². The van der Waals surface area contributed by atoms with Crippen molar-refractivity contribution in [1.29, 1.82) is 0 Å². The predicted octanol–water partition coefficient (Wildman–Crippen LogP) is 2.81. The van der Waals surface area contributed by atoms with Gasteiger partial charge in [0.05, 0.1) is 26.3 Å². The summed E-state index contributed by atoms with van der Waals surface area (Å²) >= 11 is 0. The Morgan fingerprint density at radius 2 is 1.70 bits per heavy atom. The van der Waals surface area contributed by atoms with Gasteiger partial charge in [0.2, 0.25) is 0 Å². The smallest absolute Gasteiger partial charge is 0.323 e. The van der Waals surface area contributed by atoms with E-state index in [0.29, 0.717) is 47.3 Å². The van der Waals surface area contributed by atoms with Gasteiger partial charge >= 0.3 is 6.03 Å². The number of hydrogen-bond donors (Lipinski definition) is 2. The first-order valence-electron chi connectivity index (χ1n) is 8.33. The summed E-state index contributed by atoms with van der Waals surface area (Å²) in [6, 6.07) is 9.56. The lowest BCUT2D eigenvalue weighted by Crippen LogP contribution is -2.28. The lowest BCUT2D eigenvalue weighted by molar-refractivity contribution is 0.0796. The van der Waals surface area contributed by atoms with Gasteiger partial charge in [-0.05, 0) is 18.2 Å². The summed E-state index contributed by atoms with van der Waals surface area (Å²) in [7, 11) is 4.78. The van der Waals surface area contributed by atoms with Crippen LogP contribution in [0.15, 0.2) is 36.4 Å². The van der Waals surface area contributed by atoms with Crippen LogP contribution < -0.4 is 24.8 Å². The van der Waals surface area contributed by atoms with Crippen LogP contribution >= 0.6 is 0 Å². The number of hydrogen-bond acceptors (Lipinski definition) is 5. The molecule has 0 bridgehead atoms. The van der Waals surface area contributed by atoms with Crippen LogP contribution in [0.4, 0.5) is 16.2 Å². The van der Waals surface area contributed by atoms with E-state index in [2.05, 4.69) is 10.6 Å². The highest BCUT2D eigenvalue weighted by molar-refractivity contribution is 6.02. The van der Waals surface area contributed by atoms with Gasteiger partial charge in [0.1, 0.15) is 23.9 Å². The van der Waals surface area contributed by atoms with E-state index in [9.17, 15) is 9.59 Å². The molecule has 0 unspecified atom stereocenters. The first-order valence-corrected chi connectivity index (χ1v) is 8.33. The SMILES string of the molecule is COc1cc(NC(=O)Nc2ccc3c(c2)C(=O)N(C)CCO3)cc(OC)c1. The third kappa shape index (κ3) is 4.22. The summed E-state index contributed by atoms with van der Waals surface area (Å²) in [5.41, 5.74) is 1.40. The first kappa shape index (κ1) is 18.4. The summed E-state index contributed by atoms with van der Waals surface area (Å²) in [5, 5.41) is 5.43. The lowest BCUT2D eigenvalue weighted by atomic mass is 10.1. The maximum atomic E-state index is 12.4. The number of anilines is 2. The second kappa shape index (κ2) is 7.86. The van der Waals surface area contributed by atoms with Crippen molar-refractivity contribution in [2.75, 3.05) is 45.1 Å². The summed E-state index contributed by atoms with van der Waals surface area (Å²) in [5.74, 6) is 1.47. The van der Waals surface area contributed by atoms with Crippen LogP contribution in [0.2, 0.25) is 0 Å². The topological polar surface area (TPSA) is 89.1 Å². The Morgan fingerprint density at radius 1 is 1.04 bits per heavy atom. The minimum Gasteiger partial charge on any atom is -0.497 e. The largest absolute Gasteiger partial charge is 0.497 e. The van der Waals surface area contributed by atoms with Crippen LogP contribution in [-0.4, -0.2) is 51.3 Å². The fourth-order valence-corrected chi connectivity index (χ4v) is 2.67. The van der Waals surface area contributed by atoms with Gasteiger partial charge in [-0.15, -0.1) is 0 Å². The molecule has 0 aromatic heterocycles. The zero-order valence-electron chi connectivity index (χ0n) is 15.4. The molecule has 1 heterocycles. The van der Waals surface area contributed by atoms with Crippen molar-refractivity contribution < 1.29 is 23.8 Å². The fraction of sp³-hybridized carbons (Fsp3) is 0.263. The molecule has 1 aliphatic rings. The number of nitrogens with zero attached hydrogens (tertiary/aromatic N) is 1. The Balaban J connectivity index is 1.75. The third-order valence-electron chi connectivity index (χ3n) is 4.11. The number of urea groups is 1. The van der Waals surface area contributed by atoms with Crippen LogP contribution in [-0.2, 0) is 0 Å². The van der Waals surface area contributed by atoms with Crippen LogP contribution in [0.25, 0.3) is 0 Å². The second-order valence-corrected chi connectivity index (χ2v) is 5.97. The Morgan fingerprint density at radius 3 is 2.37 bits per heavy atom. The molecule has 2 aromatic rings. The lowest BCUT2D eigenvalue weighted by Gasteiger charge is -2.14.